The van der Waals surface area contributed by atoms with Gasteiger partial charge in [-0.2, -0.15) is 0 Å². The molecular weight excluding hydrogens is 593 g/mol. The number of amides is 1. The molecule has 1 amide bonds. The highest BCUT2D eigenvalue weighted by Crippen LogP contribution is 2.26. The second kappa shape index (κ2) is 16.3. The third kappa shape index (κ3) is 9.85. The van der Waals surface area contributed by atoms with Gasteiger partial charge < -0.3 is 24.1 Å². The number of halogens is 1. The van der Waals surface area contributed by atoms with Crippen LogP contribution in [-0.4, -0.2) is 77.3 Å². The number of likely N-dealkylation sites (N-methyl/N-ethyl adjacent to an activating group) is 2. The minimum Gasteiger partial charge on any atom is -0.508 e. The van der Waals surface area contributed by atoms with Crippen LogP contribution in [0.5, 0.6) is 5.75 Å². The van der Waals surface area contributed by atoms with Gasteiger partial charge in [-0.25, -0.2) is 9.37 Å². The van der Waals surface area contributed by atoms with Crippen LogP contribution >= 0.6 is 0 Å². The molecule has 0 aliphatic rings. The van der Waals surface area contributed by atoms with Gasteiger partial charge >= 0.3 is 0 Å². The van der Waals surface area contributed by atoms with E-state index in [9.17, 15) is 14.3 Å². The molecule has 244 valence electrons. The maximum Gasteiger partial charge on any atom is 0.228 e. The standard InChI is InChI=1S/C19H21FN2O2.C19H21N3O/c1-22(2)13-14-24-21-19(17-5-3-4-6-18(17)20)12-9-15-7-10-16(23)11-8-15;1-13-5-8-15(9-6-13)19-16(11-18(23)21(3)4)22-12-14(2)7-10-17(22)20-19/h3-12,23H,13-14H2,1-2H3;5-10,12H,11H2,1-4H3/b12-9+,21-19-;. The van der Waals surface area contributed by atoms with E-state index in [0.717, 1.165) is 40.3 Å². The Morgan fingerprint density at radius 1 is 0.936 bits per heavy atom. The number of hydrogen-bond acceptors (Lipinski definition) is 6. The van der Waals surface area contributed by atoms with Crippen molar-refractivity contribution >= 4 is 23.3 Å². The molecule has 0 aliphatic carbocycles. The molecule has 47 heavy (non-hydrogen) atoms. The van der Waals surface area contributed by atoms with Crippen LogP contribution in [0.2, 0.25) is 0 Å². The molecule has 0 saturated carbocycles. The molecule has 0 aliphatic heterocycles. The van der Waals surface area contributed by atoms with Gasteiger partial charge in [-0.15, -0.1) is 0 Å². The third-order valence-electron chi connectivity index (χ3n) is 7.28. The number of phenolic OH excluding ortho intramolecular Hbond substituents is 1. The van der Waals surface area contributed by atoms with E-state index in [2.05, 4.69) is 36.3 Å². The minimum absolute atomic E-state index is 0.0710. The first kappa shape index (κ1) is 34.6. The lowest BCUT2D eigenvalue weighted by molar-refractivity contribution is -0.128. The molecule has 0 unspecified atom stereocenters. The Bertz CT molecular complexity index is 1840. The van der Waals surface area contributed by atoms with Crippen molar-refractivity contribution < 1.29 is 19.1 Å². The van der Waals surface area contributed by atoms with Gasteiger partial charge in [-0.1, -0.05) is 71.4 Å². The summed E-state index contributed by atoms with van der Waals surface area (Å²) in [4.78, 5) is 25.9. The van der Waals surface area contributed by atoms with E-state index in [1.807, 2.05) is 48.6 Å². The van der Waals surface area contributed by atoms with Gasteiger partial charge in [-0.05, 0) is 75.5 Å². The first-order valence-corrected chi connectivity index (χ1v) is 15.3. The second-order valence-corrected chi connectivity index (χ2v) is 11.7. The Morgan fingerprint density at radius 3 is 2.28 bits per heavy atom. The number of hydrogen-bond donors (Lipinski definition) is 1. The Balaban J connectivity index is 0.000000213. The summed E-state index contributed by atoms with van der Waals surface area (Å²) in [5.41, 5.74) is 7.72. The van der Waals surface area contributed by atoms with Crippen molar-refractivity contribution in [3.63, 3.8) is 0 Å². The minimum atomic E-state index is -0.359. The fourth-order valence-corrected chi connectivity index (χ4v) is 4.55. The van der Waals surface area contributed by atoms with E-state index in [1.54, 1.807) is 73.6 Å². The summed E-state index contributed by atoms with van der Waals surface area (Å²) in [6.45, 7) is 5.24. The van der Waals surface area contributed by atoms with E-state index >= 15 is 0 Å². The van der Waals surface area contributed by atoms with Crippen molar-refractivity contribution in [2.75, 3.05) is 41.3 Å². The van der Waals surface area contributed by atoms with E-state index in [4.69, 9.17) is 9.82 Å². The number of benzene rings is 3. The lowest BCUT2D eigenvalue weighted by atomic mass is 10.1. The summed E-state index contributed by atoms with van der Waals surface area (Å²) in [5, 5.41) is 13.4. The maximum atomic E-state index is 14.0. The predicted molar refractivity (Wildman–Crippen MR) is 187 cm³/mol. The van der Waals surface area contributed by atoms with Gasteiger partial charge in [0.2, 0.25) is 5.91 Å². The second-order valence-electron chi connectivity index (χ2n) is 11.7. The number of carbonyl (C=O) groups excluding carboxylic acids is 1. The lowest BCUT2D eigenvalue weighted by Gasteiger charge is -2.11. The summed E-state index contributed by atoms with van der Waals surface area (Å²) in [7, 11) is 7.44. The number of oxime groups is 1. The van der Waals surface area contributed by atoms with Crippen LogP contribution < -0.4 is 0 Å². The highest BCUT2D eigenvalue weighted by molar-refractivity contribution is 6.10. The number of imidazole rings is 1. The summed E-state index contributed by atoms with van der Waals surface area (Å²) in [6, 6.07) is 25.4. The van der Waals surface area contributed by atoms with Crippen LogP contribution in [-0.2, 0) is 16.1 Å². The first-order chi connectivity index (χ1) is 22.5. The van der Waals surface area contributed by atoms with Gasteiger partial charge in [0.1, 0.15) is 29.5 Å². The topological polar surface area (TPSA) is 82.7 Å². The molecular formula is C38H42FN5O3. The average molecular weight is 636 g/mol. The highest BCUT2D eigenvalue weighted by Gasteiger charge is 2.18. The SMILES string of the molecule is CN(C)CCO/N=C(/C=C/c1ccc(O)cc1)c1ccccc1F.Cc1ccc(-c2nc3ccc(C)cn3c2CC(=O)N(C)C)cc1. The van der Waals surface area contributed by atoms with Gasteiger partial charge in [0.15, 0.2) is 0 Å². The van der Waals surface area contributed by atoms with Crippen LogP contribution in [0.15, 0.2) is 102 Å². The predicted octanol–water partition coefficient (Wildman–Crippen LogP) is 6.78. The molecule has 9 heteroatoms. The molecule has 0 fully saturated rings. The van der Waals surface area contributed by atoms with Crippen molar-refractivity contribution in [2.45, 2.75) is 20.3 Å². The molecule has 3 aromatic carbocycles. The number of allylic oxidation sites excluding steroid dienone is 1. The zero-order valence-corrected chi connectivity index (χ0v) is 27.8. The Kier molecular flexibility index (Phi) is 12.0. The molecule has 1 N–H and O–H groups in total. The summed E-state index contributed by atoms with van der Waals surface area (Å²) in [6.07, 6.45) is 5.86. The maximum absolute atomic E-state index is 14.0. The number of pyridine rings is 1. The van der Waals surface area contributed by atoms with Gasteiger partial charge in [0, 0.05) is 38.0 Å². The average Bonchev–Trinajstić information content (AvgIpc) is 3.39. The summed E-state index contributed by atoms with van der Waals surface area (Å²) in [5.74, 6) is -0.0911. The lowest BCUT2D eigenvalue weighted by Crippen LogP contribution is -2.24. The van der Waals surface area contributed by atoms with Gasteiger partial charge in [0.05, 0.1) is 17.8 Å². The van der Waals surface area contributed by atoms with Crippen molar-refractivity contribution in [3.8, 4) is 17.0 Å². The molecule has 0 bridgehead atoms. The number of rotatable bonds is 10. The number of aromatic hydroxyl groups is 1. The monoisotopic (exact) mass is 635 g/mol. The third-order valence-corrected chi connectivity index (χ3v) is 7.28. The first-order valence-electron chi connectivity index (χ1n) is 15.3. The Hall–Kier alpha value is -5.28. The smallest absolute Gasteiger partial charge is 0.228 e. The van der Waals surface area contributed by atoms with E-state index < -0.39 is 0 Å². The van der Waals surface area contributed by atoms with Crippen LogP contribution in [0.3, 0.4) is 0 Å². The van der Waals surface area contributed by atoms with Crippen LogP contribution in [0.1, 0.15) is 27.9 Å². The number of nitrogens with zero attached hydrogens (tertiary/aromatic N) is 5. The number of aromatic nitrogens is 2. The van der Waals surface area contributed by atoms with Gasteiger partial charge in [0.25, 0.3) is 0 Å². The molecule has 0 radical (unpaired) electrons. The fourth-order valence-electron chi connectivity index (χ4n) is 4.55. The largest absolute Gasteiger partial charge is 0.508 e. The van der Waals surface area contributed by atoms with Crippen LogP contribution in [0, 0.1) is 19.7 Å². The van der Waals surface area contributed by atoms with Crippen LogP contribution in [0.25, 0.3) is 23.0 Å². The van der Waals surface area contributed by atoms with E-state index in [1.165, 1.54) is 11.6 Å². The number of phenols is 1. The summed E-state index contributed by atoms with van der Waals surface area (Å²) < 4.78 is 16.1. The van der Waals surface area contributed by atoms with E-state index in [-0.39, 0.29) is 17.5 Å². The van der Waals surface area contributed by atoms with Crippen molar-refractivity contribution in [1.82, 2.24) is 19.2 Å². The molecule has 8 nitrogen and oxygen atoms in total. The fraction of sp³-hybridized carbons (Fsp3) is 0.237. The van der Waals surface area contributed by atoms with Crippen molar-refractivity contribution in [3.05, 3.63) is 131 Å². The highest BCUT2D eigenvalue weighted by atomic mass is 19.1. The van der Waals surface area contributed by atoms with Crippen molar-refractivity contribution in [2.24, 2.45) is 5.16 Å². The number of fused-ring (bicyclic) bond motifs is 1. The molecule has 0 spiro atoms. The normalized spacial score (nSPS) is 11.5. The Morgan fingerprint density at radius 2 is 1.62 bits per heavy atom. The zero-order chi connectivity index (χ0) is 33.9. The molecule has 0 saturated heterocycles. The molecule has 2 heterocycles. The molecule has 0 atom stereocenters. The Labute approximate surface area is 276 Å². The van der Waals surface area contributed by atoms with Crippen molar-refractivity contribution in [1.29, 1.82) is 0 Å². The summed E-state index contributed by atoms with van der Waals surface area (Å²) >= 11 is 0. The van der Waals surface area contributed by atoms with Crippen LogP contribution in [0.4, 0.5) is 4.39 Å². The molecule has 2 aromatic heterocycles. The molecule has 5 rings (SSSR count). The van der Waals surface area contributed by atoms with Gasteiger partial charge in [-0.3, -0.25) is 4.79 Å². The molecule has 5 aromatic rings. The zero-order valence-electron chi connectivity index (χ0n) is 27.8. The quantitative estimate of drug-likeness (QED) is 0.104. The number of aryl methyl sites for hydroxylation is 2. The van der Waals surface area contributed by atoms with E-state index in [0.29, 0.717) is 24.3 Å². The number of carbonyl (C=O) groups is 1.